The summed E-state index contributed by atoms with van der Waals surface area (Å²) in [6.07, 6.45) is 0.425. The first kappa shape index (κ1) is 13.6. The zero-order chi connectivity index (χ0) is 15.0. The summed E-state index contributed by atoms with van der Waals surface area (Å²) in [6.45, 7) is 2.02. The molecule has 1 aliphatic rings. The van der Waals surface area contributed by atoms with Gasteiger partial charge in [-0.15, -0.1) is 0 Å². The average Bonchev–Trinajstić information content (AvgIpc) is 2.85. The normalized spacial score (nSPS) is 14.5. The zero-order valence-corrected chi connectivity index (χ0v) is 12.1. The number of benzene rings is 2. The molecular weight excluding hydrogens is 264 g/mol. The van der Waals surface area contributed by atoms with Crippen molar-refractivity contribution in [1.82, 2.24) is 0 Å². The molecule has 1 heterocycles. The van der Waals surface area contributed by atoms with Crippen molar-refractivity contribution in [2.24, 2.45) is 5.73 Å². The fraction of sp³-hybridized carbons (Fsp3) is 0.235. The van der Waals surface area contributed by atoms with Crippen LogP contribution in [0.5, 0.6) is 5.75 Å². The molecular formula is C17H18N2O2. The third-order valence-electron chi connectivity index (χ3n) is 3.80. The van der Waals surface area contributed by atoms with E-state index in [9.17, 15) is 4.79 Å². The van der Waals surface area contributed by atoms with Gasteiger partial charge in [0.2, 0.25) is 5.91 Å². The number of aryl methyl sites for hydroxylation is 1. The first-order chi connectivity index (χ1) is 10.1. The maximum Gasteiger partial charge on any atom is 0.228 e. The number of ether oxygens (including phenoxy) is 1. The molecule has 4 heteroatoms. The number of hydrogen-bond donors (Lipinski definition) is 2. The Morgan fingerprint density at radius 2 is 2.10 bits per heavy atom. The van der Waals surface area contributed by atoms with E-state index in [1.165, 1.54) is 0 Å². The Labute approximate surface area is 123 Å². The Morgan fingerprint density at radius 3 is 2.86 bits per heavy atom. The van der Waals surface area contributed by atoms with Crippen LogP contribution in [-0.2, 0) is 11.2 Å². The molecule has 2 aromatic carbocycles. The van der Waals surface area contributed by atoms with Gasteiger partial charge in [-0.25, -0.2) is 0 Å². The molecule has 0 saturated heterocycles. The summed E-state index contributed by atoms with van der Waals surface area (Å²) in [6, 6.07) is 11.5. The lowest BCUT2D eigenvalue weighted by Gasteiger charge is -2.18. The van der Waals surface area contributed by atoms with Gasteiger partial charge in [-0.1, -0.05) is 29.8 Å². The number of amides is 1. The average molecular weight is 282 g/mol. The predicted molar refractivity (Wildman–Crippen MR) is 82.5 cm³/mol. The van der Waals surface area contributed by atoms with Crippen molar-refractivity contribution >= 4 is 11.6 Å². The van der Waals surface area contributed by atoms with Gasteiger partial charge in [-0.05, 0) is 35.7 Å². The Hall–Kier alpha value is -2.33. The minimum Gasteiger partial charge on any atom is -0.497 e. The van der Waals surface area contributed by atoms with Crippen LogP contribution in [0.25, 0.3) is 0 Å². The summed E-state index contributed by atoms with van der Waals surface area (Å²) < 4.78 is 5.25. The number of fused-ring (bicyclic) bond motifs is 1. The number of nitrogens with two attached hydrogens (primary N) is 1. The Balaban J connectivity index is 2.06. The van der Waals surface area contributed by atoms with Crippen molar-refractivity contribution < 1.29 is 9.53 Å². The van der Waals surface area contributed by atoms with E-state index in [-0.39, 0.29) is 11.9 Å². The van der Waals surface area contributed by atoms with Gasteiger partial charge >= 0.3 is 0 Å². The molecule has 0 aromatic heterocycles. The van der Waals surface area contributed by atoms with Gasteiger partial charge in [0.1, 0.15) is 5.75 Å². The van der Waals surface area contributed by atoms with Crippen LogP contribution < -0.4 is 15.8 Å². The molecule has 1 amide bonds. The number of anilines is 1. The van der Waals surface area contributed by atoms with E-state index in [4.69, 9.17) is 10.5 Å². The highest BCUT2D eigenvalue weighted by atomic mass is 16.5. The van der Waals surface area contributed by atoms with Gasteiger partial charge in [-0.2, -0.15) is 0 Å². The molecule has 4 nitrogen and oxygen atoms in total. The van der Waals surface area contributed by atoms with Gasteiger partial charge in [0, 0.05) is 5.69 Å². The van der Waals surface area contributed by atoms with Crippen LogP contribution in [-0.4, -0.2) is 13.0 Å². The van der Waals surface area contributed by atoms with Crippen LogP contribution in [0, 0.1) is 6.92 Å². The number of rotatable bonds is 3. The van der Waals surface area contributed by atoms with E-state index in [2.05, 4.69) is 5.32 Å². The van der Waals surface area contributed by atoms with Crippen LogP contribution >= 0.6 is 0 Å². The van der Waals surface area contributed by atoms with Crippen molar-refractivity contribution in [2.45, 2.75) is 19.4 Å². The lowest BCUT2D eigenvalue weighted by atomic mass is 9.94. The first-order valence-electron chi connectivity index (χ1n) is 6.91. The van der Waals surface area contributed by atoms with E-state index in [0.29, 0.717) is 6.42 Å². The minimum absolute atomic E-state index is 0.0229. The molecule has 3 rings (SSSR count). The molecule has 2 aromatic rings. The maximum atomic E-state index is 11.7. The van der Waals surface area contributed by atoms with Gasteiger partial charge in [0.05, 0.1) is 19.6 Å². The Kier molecular flexibility index (Phi) is 3.39. The summed E-state index contributed by atoms with van der Waals surface area (Å²) in [5.74, 6) is 0.797. The molecule has 1 aliphatic heterocycles. The maximum absolute atomic E-state index is 11.7. The van der Waals surface area contributed by atoms with Crippen LogP contribution in [0.4, 0.5) is 5.69 Å². The van der Waals surface area contributed by atoms with E-state index in [1.54, 1.807) is 7.11 Å². The summed E-state index contributed by atoms with van der Waals surface area (Å²) in [5.41, 5.74) is 11.3. The topological polar surface area (TPSA) is 64.3 Å². The Bertz CT molecular complexity index is 710. The highest BCUT2D eigenvalue weighted by molar-refractivity contribution is 6.00. The fourth-order valence-electron chi connectivity index (χ4n) is 2.80. The predicted octanol–water partition coefficient (Wildman–Crippen LogP) is 2.55. The number of hydrogen-bond acceptors (Lipinski definition) is 3. The van der Waals surface area contributed by atoms with E-state index in [1.807, 2.05) is 43.3 Å². The zero-order valence-electron chi connectivity index (χ0n) is 12.1. The number of carbonyl (C=O) groups excluding carboxylic acids is 1. The molecule has 0 radical (unpaired) electrons. The SMILES string of the molecule is COc1cccc(C(N)c2cc(C)cc3c2NC(=O)C3)c1. The van der Waals surface area contributed by atoms with Crippen molar-refractivity contribution in [3.05, 3.63) is 58.7 Å². The van der Waals surface area contributed by atoms with E-state index in [0.717, 1.165) is 33.7 Å². The quantitative estimate of drug-likeness (QED) is 0.909. The third kappa shape index (κ3) is 2.50. The molecule has 108 valence electrons. The van der Waals surface area contributed by atoms with Crippen LogP contribution in [0.3, 0.4) is 0 Å². The standard InChI is InChI=1S/C17H18N2O2/c1-10-6-12-9-15(20)19-17(12)14(7-10)16(18)11-4-3-5-13(8-11)21-2/h3-8,16H,9,18H2,1-2H3,(H,19,20). The third-order valence-corrected chi connectivity index (χ3v) is 3.80. The van der Waals surface area contributed by atoms with Gasteiger partial charge in [0.15, 0.2) is 0 Å². The number of carbonyl (C=O) groups is 1. The summed E-state index contributed by atoms with van der Waals surface area (Å²) in [5, 5.41) is 2.92. The smallest absolute Gasteiger partial charge is 0.228 e. The highest BCUT2D eigenvalue weighted by Crippen LogP contribution is 2.35. The molecule has 1 atom stereocenters. The lowest BCUT2D eigenvalue weighted by molar-refractivity contribution is -0.115. The molecule has 0 aliphatic carbocycles. The van der Waals surface area contributed by atoms with Crippen molar-refractivity contribution in [3.8, 4) is 5.75 Å². The Morgan fingerprint density at radius 1 is 1.29 bits per heavy atom. The molecule has 0 spiro atoms. The minimum atomic E-state index is -0.299. The second-order valence-electron chi connectivity index (χ2n) is 5.37. The molecule has 0 fully saturated rings. The summed E-state index contributed by atoms with van der Waals surface area (Å²) in [7, 11) is 1.63. The second kappa shape index (κ2) is 5.22. The molecule has 0 saturated carbocycles. The van der Waals surface area contributed by atoms with Crippen molar-refractivity contribution in [2.75, 3.05) is 12.4 Å². The van der Waals surface area contributed by atoms with Gasteiger partial charge in [0.25, 0.3) is 0 Å². The van der Waals surface area contributed by atoms with Crippen molar-refractivity contribution in [3.63, 3.8) is 0 Å². The monoisotopic (exact) mass is 282 g/mol. The largest absolute Gasteiger partial charge is 0.497 e. The first-order valence-corrected chi connectivity index (χ1v) is 6.91. The molecule has 1 unspecified atom stereocenters. The molecule has 21 heavy (non-hydrogen) atoms. The highest BCUT2D eigenvalue weighted by Gasteiger charge is 2.24. The van der Waals surface area contributed by atoms with E-state index >= 15 is 0 Å². The van der Waals surface area contributed by atoms with Crippen molar-refractivity contribution in [1.29, 1.82) is 0 Å². The van der Waals surface area contributed by atoms with E-state index < -0.39 is 0 Å². The van der Waals surface area contributed by atoms with Crippen LogP contribution in [0.1, 0.15) is 28.3 Å². The molecule has 0 bridgehead atoms. The number of methoxy groups -OCH3 is 1. The second-order valence-corrected chi connectivity index (χ2v) is 5.37. The van der Waals surface area contributed by atoms with Crippen LogP contribution in [0.15, 0.2) is 36.4 Å². The van der Waals surface area contributed by atoms with Crippen LogP contribution in [0.2, 0.25) is 0 Å². The lowest BCUT2D eigenvalue weighted by Crippen LogP contribution is -2.15. The fourth-order valence-corrected chi connectivity index (χ4v) is 2.80. The molecule has 3 N–H and O–H groups in total. The van der Waals surface area contributed by atoms with Gasteiger partial charge in [-0.3, -0.25) is 4.79 Å². The summed E-state index contributed by atoms with van der Waals surface area (Å²) in [4.78, 5) is 11.7. The van der Waals surface area contributed by atoms with Gasteiger partial charge < -0.3 is 15.8 Å². The summed E-state index contributed by atoms with van der Waals surface area (Å²) >= 11 is 0. The number of nitrogens with one attached hydrogen (secondary N) is 1.